The predicted octanol–water partition coefficient (Wildman–Crippen LogP) is 1.90. The van der Waals surface area contributed by atoms with Crippen molar-refractivity contribution in [2.24, 2.45) is 11.3 Å². The molecular weight excluding hydrogens is 200 g/mol. The lowest BCUT2D eigenvalue weighted by atomic mass is 9.82. The smallest absolute Gasteiger partial charge is 0.0677 e. The van der Waals surface area contributed by atoms with Gasteiger partial charge in [0.2, 0.25) is 0 Å². The Morgan fingerprint density at radius 2 is 2.00 bits per heavy atom. The Morgan fingerprint density at radius 1 is 1.38 bits per heavy atom. The average Bonchev–Trinajstić information content (AvgIpc) is 2.17. The van der Waals surface area contributed by atoms with Gasteiger partial charge in [-0.05, 0) is 30.4 Å². The molecular formula is C12H22N4. The summed E-state index contributed by atoms with van der Waals surface area (Å²) in [4.78, 5) is 0. The number of nitrogens with two attached hydrogens (primary N) is 1. The number of nitrogens with one attached hydrogen (secondary N) is 1. The fraction of sp³-hybridized carbons (Fsp3) is 0.667. The van der Waals surface area contributed by atoms with Crippen molar-refractivity contribution in [2.45, 2.75) is 47.1 Å². The van der Waals surface area contributed by atoms with Gasteiger partial charge in [-0.1, -0.05) is 27.7 Å². The monoisotopic (exact) mass is 222 g/mol. The SMILES string of the molecule is CCc1nnc(C)cc1C(NN)C(C)(C)C. The molecule has 0 aliphatic heterocycles. The minimum Gasteiger partial charge on any atom is -0.271 e. The van der Waals surface area contributed by atoms with Crippen LogP contribution in [-0.4, -0.2) is 10.2 Å². The van der Waals surface area contributed by atoms with E-state index in [9.17, 15) is 0 Å². The van der Waals surface area contributed by atoms with Gasteiger partial charge in [0.05, 0.1) is 17.4 Å². The van der Waals surface area contributed by atoms with Crippen molar-refractivity contribution < 1.29 is 0 Å². The van der Waals surface area contributed by atoms with E-state index in [1.54, 1.807) is 0 Å². The second-order valence-corrected chi connectivity index (χ2v) is 5.21. The Kier molecular flexibility index (Phi) is 3.99. The fourth-order valence-electron chi connectivity index (χ4n) is 1.87. The van der Waals surface area contributed by atoms with E-state index in [0.717, 1.165) is 23.4 Å². The molecule has 0 bridgehead atoms. The number of aromatic nitrogens is 2. The average molecular weight is 222 g/mol. The van der Waals surface area contributed by atoms with Crippen LogP contribution in [0, 0.1) is 12.3 Å². The molecule has 4 heteroatoms. The van der Waals surface area contributed by atoms with Gasteiger partial charge < -0.3 is 0 Å². The molecule has 1 aromatic heterocycles. The molecule has 1 rings (SSSR count). The highest BCUT2D eigenvalue weighted by Crippen LogP contribution is 2.33. The van der Waals surface area contributed by atoms with Crippen LogP contribution in [0.5, 0.6) is 0 Å². The van der Waals surface area contributed by atoms with Crippen LogP contribution in [0.25, 0.3) is 0 Å². The van der Waals surface area contributed by atoms with Crippen LogP contribution < -0.4 is 11.3 Å². The molecule has 0 fully saturated rings. The Morgan fingerprint density at radius 3 is 2.44 bits per heavy atom. The molecule has 0 aromatic carbocycles. The summed E-state index contributed by atoms with van der Waals surface area (Å²) in [7, 11) is 0. The van der Waals surface area contributed by atoms with Gasteiger partial charge in [-0.25, -0.2) is 0 Å². The molecule has 3 N–H and O–H groups in total. The highest BCUT2D eigenvalue weighted by molar-refractivity contribution is 5.26. The lowest BCUT2D eigenvalue weighted by Gasteiger charge is -2.31. The van der Waals surface area contributed by atoms with Crippen LogP contribution in [0.3, 0.4) is 0 Å². The van der Waals surface area contributed by atoms with E-state index < -0.39 is 0 Å². The summed E-state index contributed by atoms with van der Waals surface area (Å²) >= 11 is 0. The normalized spacial score (nSPS) is 13.9. The zero-order chi connectivity index (χ0) is 12.3. The van der Waals surface area contributed by atoms with Gasteiger partial charge in [-0.15, -0.1) is 0 Å². The molecule has 0 radical (unpaired) electrons. The van der Waals surface area contributed by atoms with Gasteiger partial charge >= 0.3 is 0 Å². The van der Waals surface area contributed by atoms with E-state index in [1.165, 1.54) is 0 Å². The second-order valence-electron chi connectivity index (χ2n) is 5.21. The third kappa shape index (κ3) is 2.77. The summed E-state index contributed by atoms with van der Waals surface area (Å²) in [6.07, 6.45) is 0.872. The number of hydrogen-bond acceptors (Lipinski definition) is 4. The third-order valence-electron chi connectivity index (χ3n) is 2.70. The van der Waals surface area contributed by atoms with Crippen molar-refractivity contribution in [1.82, 2.24) is 15.6 Å². The van der Waals surface area contributed by atoms with Gasteiger partial charge in [-0.2, -0.15) is 10.2 Å². The Balaban J connectivity index is 3.23. The quantitative estimate of drug-likeness (QED) is 0.605. The van der Waals surface area contributed by atoms with E-state index in [1.807, 2.05) is 6.92 Å². The molecule has 1 unspecified atom stereocenters. The summed E-state index contributed by atoms with van der Waals surface area (Å²) in [5, 5.41) is 8.32. The van der Waals surface area contributed by atoms with Crippen LogP contribution in [0.1, 0.15) is 50.7 Å². The number of aryl methyl sites for hydroxylation is 2. The summed E-state index contributed by atoms with van der Waals surface area (Å²) in [6, 6.07) is 2.17. The lowest BCUT2D eigenvalue weighted by Crippen LogP contribution is -2.37. The third-order valence-corrected chi connectivity index (χ3v) is 2.70. The number of hydrazine groups is 1. The molecule has 0 aliphatic rings. The molecule has 0 spiro atoms. The first-order valence-electron chi connectivity index (χ1n) is 5.69. The first kappa shape index (κ1) is 13.1. The fourth-order valence-corrected chi connectivity index (χ4v) is 1.87. The largest absolute Gasteiger partial charge is 0.271 e. The lowest BCUT2D eigenvalue weighted by molar-refractivity contribution is 0.273. The van der Waals surface area contributed by atoms with Crippen LogP contribution in [0.4, 0.5) is 0 Å². The van der Waals surface area contributed by atoms with Gasteiger partial charge in [0.1, 0.15) is 0 Å². The molecule has 0 saturated carbocycles. The highest BCUT2D eigenvalue weighted by atomic mass is 15.2. The highest BCUT2D eigenvalue weighted by Gasteiger charge is 2.27. The predicted molar refractivity (Wildman–Crippen MR) is 65.7 cm³/mol. The summed E-state index contributed by atoms with van der Waals surface area (Å²) in [5.74, 6) is 5.67. The molecule has 0 amide bonds. The van der Waals surface area contributed by atoms with Crippen molar-refractivity contribution in [1.29, 1.82) is 0 Å². The van der Waals surface area contributed by atoms with Crippen molar-refractivity contribution in [3.63, 3.8) is 0 Å². The van der Waals surface area contributed by atoms with Crippen molar-refractivity contribution >= 4 is 0 Å². The number of nitrogens with zero attached hydrogens (tertiary/aromatic N) is 2. The minimum atomic E-state index is 0.0497. The van der Waals surface area contributed by atoms with E-state index in [2.05, 4.69) is 49.4 Å². The minimum absolute atomic E-state index is 0.0497. The zero-order valence-electron chi connectivity index (χ0n) is 10.8. The van der Waals surface area contributed by atoms with Crippen LogP contribution in [0.2, 0.25) is 0 Å². The van der Waals surface area contributed by atoms with Crippen molar-refractivity contribution in [3.8, 4) is 0 Å². The standard InChI is InChI=1S/C12H22N4/c1-6-10-9(7-8(2)15-16-10)11(14-13)12(3,4)5/h7,11,14H,6,13H2,1-5H3. The maximum Gasteiger partial charge on any atom is 0.0677 e. The molecule has 1 atom stereocenters. The zero-order valence-corrected chi connectivity index (χ0v) is 10.8. The summed E-state index contributed by atoms with van der Waals surface area (Å²) < 4.78 is 0. The maximum absolute atomic E-state index is 5.67. The first-order chi connectivity index (χ1) is 7.40. The van der Waals surface area contributed by atoms with E-state index in [-0.39, 0.29) is 11.5 Å². The molecule has 0 aliphatic carbocycles. The summed E-state index contributed by atoms with van der Waals surface area (Å²) in [6.45, 7) is 10.5. The Hall–Kier alpha value is -1.00. The van der Waals surface area contributed by atoms with E-state index in [0.29, 0.717) is 0 Å². The Bertz CT molecular complexity index is 355. The van der Waals surface area contributed by atoms with Gasteiger partial charge in [0.15, 0.2) is 0 Å². The topological polar surface area (TPSA) is 63.8 Å². The molecule has 0 saturated heterocycles. The molecule has 1 aromatic rings. The van der Waals surface area contributed by atoms with Crippen LogP contribution in [-0.2, 0) is 6.42 Å². The van der Waals surface area contributed by atoms with Crippen molar-refractivity contribution in [2.75, 3.05) is 0 Å². The van der Waals surface area contributed by atoms with Gasteiger partial charge in [0, 0.05) is 0 Å². The van der Waals surface area contributed by atoms with Crippen LogP contribution >= 0.6 is 0 Å². The molecule has 4 nitrogen and oxygen atoms in total. The Labute approximate surface area is 97.6 Å². The van der Waals surface area contributed by atoms with Crippen LogP contribution in [0.15, 0.2) is 6.07 Å². The molecule has 16 heavy (non-hydrogen) atoms. The van der Waals surface area contributed by atoms with E-state index in [4.69, 9.17) is 5.84 Å². The molecule has 1 heterocycles. The second kappa shape index (κ2) is 4.89. The first-order valence-corrected chi connectivity index (χ1v) is 5.69. The van der Waals surface area contributed by atoms with E-state index >= 15 is 0 Å². The van der Waals surface area contributed by atoms with Gasteiger partial charge in [0.25, 0.3) is 0 Å². The maximum atomic E-state index is 5.67. The number of rotatable bonds is 3. The molecule has 90 valence electrons. The van der Waals surface area contributed by atoms with Gasteiger partial charge in [-0.3, -0.25) is 11.3 Å². The van der Waals surface area contributed by atoms with Crippen molar-refractivity contribution in [3.05, 3.63) is 23.0 Å². The summed E-state index contributed by atoms with van der Waals surface area (Å²) in [5.41, 5.74) is 6.04. The number of hydrogen-bond donors (Lipinski definition) is 2.